The van der Waals surface area contributed by atoms with E-state index in [9.17, 15) is 9.90 Å². The molecule has 1 aliphatic rings. The fourth-order valence-corrected chi connectivity index (χ4v) is 3.90. The molecule has 28 heavy (non-hydrogen) atoms. The molecule has 0 amide bonds. The number of rotatable bonds is 8. The summed E-state index contributed by atoms with van der Waals surface area (Å²) in [5.74, 6) is 0.180. The number of aryl methyl sites for hydroxylation is 3. The lowest BCUT2D eigenvalue weighted by molar-refractivity contribution is -0.133. The molecule has 1 aliphatic heterocycles. The molecule has 0 aliphatic carbocycles. The standard InChI is InChI=1S/C24H30O4/c1-5-6-7-8-9-27-14-19-10-15(2)11-20-21(24(26)28-23(19)20)18-12-16(3)22(25)17(4)13-18/h10-13,21,25H,5-9,14H2,1-4H3. The van der Waals surface area contributed by atoms with Crippen molar-refractivity contribution in [2.75, 3.05) is 6.61 Å². The van der Waals surface area contributed by atoms with Gasteiger partial charge in [-0.2, -0.15) is 0 Å². The van der Waals surface area contributed by atoms with Crippen molar-refractivity contribution in [2.45, 2.75) is 65.9 Å². The molecule has 0 radical (unpaired) electrons. The van der Waals surface area contributed by atoms with Crippen LogP contribution in [-0.4, -0.2) is 17.7 Å². The summed E-state index contributed by atoms with van der Waals surface area (Å²) in [6.07, 6.45) is 4.67. The molecular formula is C24H30O4. The summed E-state index contributed by atoms with van der Waals surface area (Å²) >= 11 is 0. The number of carbonyl (C=O) groups is 1. The minimum absolute atomic E-state index is 0.269. The molecule has 1 heterocycles. The third kappa shape index (κ3) is 4.22. The van der Waals surface area contributed by atoms with Gasteiger partial charge in [0.25, 0.3) is 0 Å². The number of carbonyl (C=O) groups excluding carboxylic acids is 1. The van der Waals surface area contributed by atoms with E-state index in [-0.39, 0.29) is 11.7 Å². The summed E-state index contributed by atoms with van der Waals surface area (Å²) < 4.78 is 11.5. The highest BCUT2D eigenvalue weighted by Gasteiger charge is 2.36. The van der Waals surface area contributed by atoms with Crippen molar-refractivity contribution in [3.63, 3.8) is 0 Å². The van der Waals surface area contributed by atoms with Crippen LogP contribution in [0.5, 0.6) is 11.5 Å². The Hall–Kier alpha value is -2.33. The molecule has 2 aromatic rings. The number of phenols is 1. The summed E-state index contributed by atoms with van der Waals surface area (Å²) in [5, 5.41) is 10.1. The lowest BCUT2D eigenvalue weighted by Gasteiger charge is -2.13. The van der Waals surface area contributed by atoms with Crippen LogP contribution in [0.1, 0.15) is 71.9 Å². The Morgan fingerprint density at radius 1 is 1.04 bits per heavy atom. The predicted octanol–water partition coefficient (Wildman–Crippen LogP) is 5.47. The zero-order valence-corrected chi connectivity index (χ0v) is 17.3. The van der Waals surface area contributed by atoms with Gasteiger partial charge >= 0.3 is 5.97 Å². The Bertz CT molecular complexity index is 846. The van der Waals surface area contributed by atoms with E-state index in [0.29, 0.717) is 12.4 Å². The Balaban J connectivity index is 1.84. The molecule has 1 N–H and O–H groups in total. The van der Waals surface area contributed by atoms with Crippen molar-refractivity contribution in [1.82, 2.24) is 0 Å². The Labute approximate surface area is 167 Å². The first-order valence-electron chi connectivity index (χ1n) is 10.1. The molecule has 4 nitrogen and oxygen atoms in total. The number of aromatic hydroxyl groups is 1. The van der Waals surface area contributed by atoms with Crippen molar-refractivity contribution >= 4 is 5.97 Å². The zero-order chi connectivity index (χ0) is 20.3. The van der Waals surface area contributed by atoms with Crippen LogP contribution in [0, 0.1) is 20.8 Å². The number of phenolic OH excluding ortho intramolecular Hbond substituents is 1. The maximum Gasteiger partial charge on any atom is 0.323 e. The molecule has 150 valence electrons. The van der Waals surface area contributed by atoms with Crippen molar-refractivity contribution < 1.29 is 19.4 Å². The molecule has 0 aromatic heterocycles. The third-order valence-electron chi connectivity index (χ3n) is 5.33. The predicted molar refractivity (Wildman–Crippen MR) is 110 cm³/mol. The second-order valence-electron chi connectivity index (χ2n) is 7.81. The molecule has 0 fully saturated rings. The number of ether oxygens (including phenoxy) is 2. The van der Waals surface area contributed by atoms with Gasteiger partial charge in [0.05, 0.1) is 6.61 Å². The van der Waals surface area contributed by atoms with E-state index in [1.54, 1.807) is 0 Å². The van der Waals surface area contributed by atoms with Crippen LogP contribution in [0.25, 0.3) is 0 Å². The van der Waals surface area contributed by atoms with Gasteiger partial charge in [0.15, 0.2) is 0 Å². The quantitative estimate of drug-likeness (QED) is 0.374. The van der Waals surface area contributed by atoms with E-state index in [1.807, 2.05) is 45.0 Å². The number of benzene rings is 2. The molecule has 1 unspecified atom stereocenters. The average molecular weight is 383 g/mol. The summed E-state index contributed by atoms with van der Waals surface area (Å²) in [5.41, 5.74) is 5.28. The molecule has 0 saturated heterocycles. The van der Waals surface area contributed by atoms with E-state index < -0.39 is 5.92 Å². The fourth-order valence-electron chi connectivity index (χ4n) is 3.90. The highest BCUT2D eigenvalue weighted by Crippen LogP contribution is 2.43. The van der Waals surface area contributed by atoms with Crippen LogP contribution in [0.15, 0.2) is 24.3 Å². The Morgan fingerprint density at radius 3 is 2.43 bits per heavy atom. The maximum absolute atomic E-state index is 12.7. The van der Waals surface area contributed by atoms with Crippen molar-refractivity contribution in [3.05, 3.63) is 57.6 Å². The van der Waals surface area contributed by atoms with Crippen molar-refractivity contribution in [3.8, 4) is 11.5 Å². The van der Waals surface area contributed by atoms with Gasteiger partial charge in [-0.25, -0.2) is 0 Å². The lowest BCUT2D eigenvalue weighted by atomic mass is 9.88. The maximum atomic E-state index is 12.7. The van der Waals surface area contributed by atoms with E-state index in [0.717, 1.165) is 46.4 Å². The molecular weight excluding hydrogens is 352 g/mol. The SMILES string of the molecule is CCCCCCOCc1cc(C)cc2c1OC(=O)C2c1cc(C)c(O)c(C)c1. The van der Waals surface area contributed by atoms with Gasteiger partial charge in [-0.15, -0.1) is 0 Å². The number of unbranched alkanes of at least 4 members (excludes halogenated alkanes) is 3. The van der Waals surface area contributed by atoms with Crippen LogP contribution in [0.2, 0.25) is 0 Å². The highest BCUT2D eigenvalue weighted by molar-refractivity contribution is 5.90. The van der Waals surface area contributed by atoms with Gasteiger partial charge in [0.2, 0.25) is 0 Å². The molecule has 0 saturated carbocycles. The van der Waals surface area contributed by atoms with Gasteiger partial charge in [-0.3, -0.25) is 4.79 Å². The van der Waals surface area contributed by atoms with Crippen LogP contribution in [0.3, 0.4) is 0 Å². The Morgan fingerprint density at radius 2 is 1.75 bits per heavy atom. The Kier molecular flexibility index (Phi) is 6.40. The average Bonchev–Trinajstić information content (AvgIpc) is 2.98. The smallest absolute Gasteiger partial charge is 0.323 e. The normalized spacial score (nSPS) is 15.6. The van der Waals surface area contributed by atoms with E-state index in [1.165, 1.54) is 19.3 Å². The molecule has 1 atom stereocenters. The first-order chi connectivity index (χ1) is 13.4. The molecule has 0 bridgehead atoms. The lowest BCUT2D eigenvalue weighted by Crippen LogP contribution is -2.12. The number of hydrogen-bond donors (Lipinski definition) is 1. The fraction of sp³-hybridized carbons (Fsp3) is 0.458. The number of hydrogen-bond acceptors (Lipinski definition) is 4. The highest BCUT2D eigenvalue weighted by atomic mass is 16.5. The van der Waals surface area contributed by atoms with Crippen LogP contribution >= 0.6 is 0 Å². The number of fused-ring (bicyclic) bond motifs is 1. The van der Waals surface area contributed by atoms with Crippen LogP contribution in [-0.2, 0) is 16.1 Å². The summed E-state index contributed by atoms with van der Waals surface area (Å²) in [6.45, 7) is 9.08. The van der Waals surface area contributed by atoms with E-state index in [2.05, 4.69) is 6.92 Å². The largest absolute Gasteiger partial charge is 0.507 e. The van der Waals surface area contributed by atoms with Gasteiger partial charge in [0, 0.05) is 17.7 Å². The van der Waals surface area contributed by atoms with Gasteiger partial charge in [0.1, 0.15) is 17.4 Å². The zero-order valence-electron chi connectivity index (χ0n) is 17.3. The second-order valence-corrected chi connectivity index (χ2v) is 7.81. The van der Waals surface area contributed by atoms with Crippen molar-refractivity contribution in [2.24, 2.45) is 0 Å². The van der Waals surface area contributed by atoms with Gasteiger partial charge < -0.3 is 14.6 Å². The summed E-state index contributed by atoms with van der Waals surface area (Å²) in [4.78, 5) is 12.7. The molecule has 2 aromatic carbocycles. The monoisotopic (exact) mass is 382 g/mol. The molecule has 4 heteroatoms. The van der Waals surface area contributed by atoms with Gasteiger partial charge in [-0.05, 0) is 43.9 Å². The van der Waals surface area contributed by atoms with Crippen molar-refractivity contribution in [1.29, 1.82) is 0 Å². The molecule has 3 rings (SSSR count). The topological polar surface area (TPSA) is 55.8 Å². The third-order valence-corrected chi connectivity index (χ3v) is 5.33. The van der Waals surface area contributed by atoms with E-state index in [4.69, 9.17) is 9.47 Å². The van der Waals surface area contributed by atoms with Crippen LogP contribution in [0.4, 0.5) is 0 Å². The van der Waals surface area contributed by atoms with E-state index >= 15 is 0 Å². The van der Waals surface area contributed by atoms with Crippen LogP contribution < -0.4 is 4.74 Å². The number of esters is 1. The first-order valence-corrected chi connectivity index (χ1v) is 10.1. The van der Waals surface area contributed by atoms with Gasteiger partial charge in [-0.1, -0.05) is 56.0 Å². The minimum Gasteiger partial charge on any atom is -0.507 e. The summed E-state index contributed by atoms with van der Waals surface area (Å²) in [7, 11) is 0. The first kappa shape index (κ1) is 20.4. The summed E-state index contributed by atoms with van der Waals surface area (Å²) in [6, 6.07) is 7.80. The minimum atomic E-state index is -0.462. The molecule has 0 spiro atoms. The second kappa shape index (κ2) is 8.78.